The molecule has 0 aliphatic carbocycles. The van der Waals surface area contributed by atoms with Gasteiger partial charge in [0.15, 0.2) is 6.17 Å². The fourth-order valence-electron chi connectivity index (χ4n) is 8.65. The minimum absolute atomic E-state index is 0.536. The molecule has 2 heterocycles. The molecule has 1 unspecified atom stereocenters. The van der Waals surface area contributed by atoms with Crippen molar-refractivity contribution in [1.82, 2.24) is 9.88 Å². The standard InChI is InChI=1S/C52H33N5/c53-32-33-13-11-15-35(29-33)50-54-51(56-52(55-50)37-27-28-43-41-20-2-1-18-39(41)40-19-3-4-21-42(40)46(43)31-37)36-16-12-14-34(30-36)38-17-5-8-24-47(38)57-48-25-9-6-22-44(48)45-23-7-10-26-49(45)57/h1-31,51H,(H,54,55,56). The number of nitriles is 1. The monoisotopic (exact) mass is 727 g/mol. The molecule has 0 saturated carbocycles. The van der Waals surface area contributed by atoms with Crippen LogP contribution >= 0.6 is 0 Å². The number of rotatable bonds is 5. The summed E-state index contributed by atoms with van der Waals surface area (Å²) in [6.07, 6.45) is -0.536. The van der Waals surface area contributed by atoms with Gasteiger partial charge in [0.2, 0.25) is 0 Å². The molecule has 0 radical (unpaired) electrons. The lowest BCUT2D eigenvalue weighted by Gasteiger charge is -2.23. The first-order valence-corrected chi connectivity index (χ1v) is 19.2. The average molecular weight is 728 g/mol. The van der Waals surface area contributed by atoms with Gasteiger partial charge >= 0.3 is 0 Å². The summed E-state index contributed by atoms with van der Waals surface area (Å²) < 4.78 is 2.37. The molecule has 266 valence electrons. The van der Waals surface area contributed by atoms with Gasteiger partial charge in [0.25, 0.3) is 0 Å². The third kappa shape index (κ3) is 5.38. The van der Waals surface area contributed by atoms with Crippen molar-refractivity contribution in [3.8, 4) is 22.9 Å². The average Bonchev–Trinajstić information content (AvgIpc) is 3.63. The molecule has 10 aromatic rings. The third-order valence-electron chi connectivity index (χ3n) is 11.2. The number of nitrogens with zero attached hydrogens (tertiary/aromatic N) is 4. The van der Waals surface area contributed by atoms with Gasteiger partial charge in [-0.2, -0.15) is 5.26 Å². The molecular formula is C52H33N5. The van der Waals surface area contributed by atoms with E-state index in [9.17, 15) is 5.26 Å². The van der Waals surface area contributed by atoms with E-state index in [1.165, 1.54) is 54.1 Å². The summed E-state index contributed by atoms with van der Waals surface area (Å²) in [6.45, 7) is 0. The molecule has 1 aliphatic rings. The molecule has 0 spiro atoms. The van der Waals surface area contributed by atoms with Crippen LogP contribution in [-0.2, 0) is 0 Å². The highest BCUT2D eigenvalue weighted by Gasteiger charge is 2.23. The maximum absolute atomic E-state index is 9.79. The zero-order valence-corrected chi connectivity index (χ0v) is 30.8. The number of amidine groups is 2. The fourth-order valence-corrected chi connectivity index (χ4v) is 8.65. The van der Waals surface area contributed by atoms with E-state index in [2.05, 4.69) is 180 Å². The van der Waals surface area contributed by atoms with E-state index in [1.54, 1.807) is 0 Å². The molecule has 0 saturated heterocycles. The quantitative estimate of drug-likeness (QED) is 0.179. The van der Waals surface area contributed by atoms with Gasteiger partial charge in [0, 0.05) is 27.5 Å². The van der Waals surface area contributed by atoms with Gasteiger partial charge < -0.3 is 9.88 Å². The van der Waals surface area contributed by atoms with Crippen LogP contribution in [0, 0.1) is 11.3 Å². The second-order valence-electron chi connectivity index (χ2n) is 14.5. The number of hydrogen-bond donors (Lipinski definition) is 1. The molecule has 0 bridgehead atoms. The zero-order chi connectivity index (χ0) is 37.9. The number of aromatic nitrogens is 1. The highest BCUT2D eigenvalue weighted by Crippen LogP contribution is 2.38. The summed E-state index contributed by atoms with van der Waals surface area (Å²) in [5.74, 6) is 1.39. The Hall–Kier alpha value is -7.81. The third-order valence-corrected chi connectivity index (χ3v) is 11.2. The highest BCUT2D eigenvalue weighted by molar-refractivity contribution is 6.26. The predicted octanol–water partition coefficient (Wildman–Crippen LogP) is 12.3. The van der Waals surface area contributed by atoms with Crippen LogP contribution in [0.4, 0.5) is 0 Å². The van der Waals surface area contributed by atoms with Crippen molar-refractivity contribution in [3.05, 3.63) is 210 Å². The minimum Gasteiger partial charge on any atom is -0.324 e. The maximum Gasteiger partial charge on any atom is 0.169 e. The van der Waals surface area contributed by atoms with E-state index in [0.717, 1.165) is 39.3 Å². The zero-order valence-electron chi connectivity index (χ0n) is 30.8. The van der Waals surface area contributed by atoms with Crippen LogP contribution in [0.5, 0.6) is 0 Å². The van der Waals surface area contributed by atoms with E-state index < -0.39 is 6.17 Å². The lowest BCUT2D eigenvalue weighted by Crippen LogP contribution is -2.36. The Morgan fingerprint density at radius 1 is 0.439 bits per heavy atom. The largest absolute Gasteiger partial charge is 0.324 e. The second-order valence-corrected chi connectivity index (χ2v) is 14.5. The van der Waals surface area contributed by atoms with E-state index in [4.69, 9.17) is 9.98 Å². The Balaban J connectivity index is 1.07. The Labute approximate surface area is 329 Å². The number of benzene rings is 9. The van der Waals surface area contributed by atoms with E-state index in [0.29, 0.717) is 11.4 Å². The Morgan fingerprint density at radius 2 is 0.965 bits per heavy atom. The number of hydrogen-bond acceptors (Lipinski definition) is 4. The summed E-state index contributed by atoms with van der Waals surface area (Å²) in [4.78, 5) is 10.5. The van der Waals surface area contributed by atoms with Crippen molar-refractivity contribution in [1.29, 1.82) is 5.26 Å². The molecule has 57 heavy (non-hydrogen) atoms. The van der Waals surface area contributed by atoms with Gasteiger partial charge in [-0.3, -0.25) is 0 Å². The smallest absolute Gasteiger partial charge is 0.169 e. The van der Waals surface area contributed by atoms with Gasteiger partial charge in [0.05, 0.1) is 28.4 Å². The van der Waals surface area contributed by atoms with Crippen molar-refractivity contribution in [3.63, 3.8) is 0 Å². The highest BCUT2D eigenvalue weighted by atomic mass is 15.2. The molecule has 1 aliphatic heterocycles. The number of nitrogens with one attached hydrogen (secondary N) is 1. The lowest BCUT2D eigenvalue weighted by atomic mass is 9.93. The molecule has 5 nitrogen and oxygen atoms in total. The van der Waals surface area contributed by atoms with Crippen molar-refractivity contribution in [2.75, 3.05) is 0 Å². The molecular weight excluding hydrogens is 695 g/mol. The van der Waals surface area contributed by atoms with Gasteiger partial charge in [-0.1, -0.05) is 146 Å². The van der Waals surface area contributed by atoms with Crippen LogP contribution in [0.1, 0.15) is 28.4 Å². The van der Waals surface area contributed by atoms with Crippen LogP contribution in [0.3, 0.4) is 0 Å². The fraction of sp³-hybridized carbons (Fsp3) is 0.0192. The first kappa shape index (κ1) is 32.6. The van der Waals surface area contributed by atoms with E-state index >= 15 is 0 Å². The van der Waals surface area contributed by atoms with Crippen molar-refractivity contribution >= 4 is 65.8 Å². The van der Waals surface area contributed by atoms with Gasteiger partial charge in [-0.15, -0.1) is 0 Å². The van der Waals surface area contributed by atoms with Crippen LogP contribution in [0.2, 0.25) is 0 Å². The molecule has 5 heteroatoms. The molecule has 1 N–H and O–H groups in total. The first-order chi connectivity index (χ1) is 28.2. The summed E-state index contributed by atoms with van der Waals surface area (Å²) >= 11 is 0. The Kier molecular flexibility index (Phi) is 7.55. The summed E-state index contributed by atoms with van der Waals surface area (Å²) in [5.41, 5.74) is 8.96. The molecule has 0 amide bonds. The molecule has 9 aromatic carbocycles. The van der Waals surface area contributed by atoms with Crippen molar-refractivity contribution in [2.45, 2.75) is 6.17 Å². The second kappa shape index (κ2) is 13.2. The number of aliphatic imine (C=N–C) groups is 2. The van der Waals surface area contributed by atoms with Gasteiger partial charge in [-0.25, -0.2) is 9.98 Å². The molecule has 0 fully saturated rings. The predicted molar refractivity (Wildman–Crippen MR) is 235 cm³/mol. The van der Waals surface area contributed by atoms with Crippen LogP contribution in [-0.4, -0.2) is 16.2 Å². The van der Waals surface area contributed by atoms with Crippen LogP contribution < -0.4 is 5.32 Å². The molecule has 1 aromatic heterocycles. The molecule has 11 rings (SSSR count). The van der Waals surface area contributed by atoms with Crippen LogP contribution in [0.15, 0.2) is 198 Å². The van der Waals surface area contributed by atoms with Gasteiger partial charge in [-0.05, 0) is 85.9 Å². The number of para-hydroxylation sites is 3. The lowest BCUT2D eigenvalue weighted by molar-refractivity contribution is 0.756. The van der Waals surface area contributed by atoms with Gasteiger partial charge in [0.1, 0.15) is 11.7 Å². The summed E-state index contributed by atoms with van der Waals surface area (Å²) in [6, 6.07) is 68.2. The topological polar surface area (TPSA) is 65.5 Å². The summed E-state index contributed by atoms with van der Waals surface area (Å²) in [5, 5.41) is 23.1. The van der Waals surface area contributed by atoms with Crippen molar-refractivity contribution in [2.24, 2.45) is 9.98 Å². The van der Waals surface area contributed by atoms with Crippen LogP contribution in [0.25, 0.3) is 70.9 Å². The van der Waals surface area contributed by atoms with Crippen molar-refractivity contribution < 1.29 is 0 Å². The van der Waals surface area contributed by atoms with E-state index in [1.807, 2.05) is 24.3 Å². The summed E-state index contributed by atoms with van der Waals surface area (Å²) in [7, 11) is 0. The Bertz CT molecular complexity index is 3270. The normalized spacial score (nSPS) is 14.1. The SMILES string of the molecule is N#Cc1cccc(C2=NC(c3cccc(-c4ccccc4-n4c5ccccc5c5ccccc54)c3)N=C(c3ccc4c5ccccc5c5ccccc5c4c3)N2)c1. The van der Waals surface area contributed by atoms with E-state index in [-0.39, 0.29) is 0 Å². The molecule has 1 atom stereocenters. The first-order valence-electron chi connectivity index (χ1n) is 19.2. The number of fused-ring (bicyclic) bond motifs is 9. The minimum atomic E-state index is -0.536. The Morgan fingerprint density at radius 3 is 1.63 bits per heavy atom. The maximum atomic E-state index is 9.79.